The summed E-state index contributed by atoms with van der Waals surface area (Å²) in [5, 5.41) is 9.05. The van der Waals surface area contributed by atoms with Crippen molar-refractivity contribution in [3.05, 3.63) is 42.0 Å². The summed E-state index contributed by atoms with van der Waals surface area (Å²) >= 11 is 0. The lowest BCUT2D eigenvalue weighted by molar-refractivity contribution is -0.130. The van der Waals surface area contributed by atoms with Crippen molar-refractivity contribution in [2.45, 2.75) is 25.4 Å². The first-order valence-corrected chi connectivity index (χ1v) is 12.8. The van der Waals surface area contributed by atoms with Gasteiger partial charge in [-0.15, -0.1) is 10.2 Å². The number of aromatic nitrogens is 2. The van der Waals surface area contributed by atoms with Crippen molar-refractivity contribution in [3.63, 3.8) is 0 Å². The molecule has 0 bridgehead atoms. The van der Waals surface area contributed by atoms with Crippen LogP contribution in [-0.2, 0) is 16.0 Å². The Morgan fingerprint density at radius 1 is 0.914 bits per heavy atom. The Bertz CT molecular complexity index is 948. The number of rotatable bonds is 7. The SMILES string of the molecule is COc1ccc(CC(=O)N2CCN(c3ccc(N4CCN(CC5CCCO5)CC4)nn3)CC2)cc1. The second-order valence-corrected chi connectivity index (χ2v) is 9.57. The van der Waals surface area contributed by atoms with E-state index in [1.807, 2.05) is 29.2 Å². The third-order valence-corrected chi connectivity index (χ3v) is 7.29. The van der Waals surface area contributed by atoms with E-state index in [1.165, 1.54) is 12.8 Å². The Hall–Kier alpha value is -2.91. The summed E-state index contributed by atoms with van der Waals surface area (Å²) in [7, 11) is 1.65. The Morgan fingerprint density at radius 3 is 2.09 bits per heavy atom. The van der Waals surface area contributed by atoms with Crippen LogP contribution in [0, 0.1) is 0 Å². The maximum atomic E-state index is 12.7. The second kappa shape index (κ2) is 11.2. The van der Waals surface area contributed by atoms with E-state index in [1.54, 1.807) is 7.11 Å². The normalized spacial score (nSPS) is 21.4. The predicted molar refractivity (Wildman–Crippen MR) is 135 cm³/mol. The van der Waals surface area contributed by atoms with Gasteiger partial charge in [0.15, 0.2) is 11.6 Å². The summed E-state index contributed by atoms with van der Waals surface area (Å²) < 4.78 is 11.0. The molecule has 5 rings (SSSR count). The van der Waals surface area contributed by atoms with Gasteiger partial charge in [-0.1, -0.05) is 12.1 Å². The molecular formula is C26H36N6O3. The van der Waals surface area contributed by atoms with E-state index < -0.39 is 0 Å². The molecule has 4 heterocycles. The average Bonchev–Trinajstić information content (AvgIpc) is 3.43. The van der Waals surface area contributed by atoms with Gasteiger partial charge in [0.2, 0.25) is 5.91 Å². The molecule has 3 fully saturated rings. The molecule has 188 valence electrons. The van der Waals surface area contributed by atoms with Crippen LogP contribution in [0.25, 0.3) is 0 Å². The van der Waals surface area contributed by atoms with Crippen LogP contribution in [0.15, 0.2) is 36.4 Å². The maximum absolute atomic E-state index is 12.7. The van der Waals surface area contributed by atoms with Gasteiger partial charge in [0.1, 0.15) is 5.75 Å². The standard InChI is InChI=1S/C26H36N6O3/c1-34-22-6-4-21(5-7-22)19-26(33)32-16-14-31(15-17-32)25-9-8-24(27-28-25)30-12-10-29(11-13-30)20-23-3-2-18-35-23/h4-9,23H,2-3,10-20H2,1H3. The van der Waals surface area contributed by atoms with Crippen LogP contribution in [0.5, 0.6) is 5.75 Å². The van der Waals surface area contributed by atoms with Crippen LogP contribution < -0.4 is 14.5 Å². The Kier molecular flexibility index (Phi) is 7.63. The van der Waals surface area contributed by atoms with E-state index in [0.29, 0.717) is 25.6 Å². The minimum absolute atomic E-state index is 0.162. The summed E-state index contributed by atoms with van der Waals surface area (Å²) in [5.74, 6) is 2.79. The molecule has 3 saturated heterocycles. The highest BCUT2D eigenvalue weighted by Crippen LogP contribution is 2.20. The average molecular weight is 481 g/mol. The zero-order valence-corrected chi connectivity index (χ0v) is 20.6. The molecule has 3 aliphatic rings. The van der Waals surface area contributed by atoms with Crippen LogP contribution in [-0.4, -0.2) is 105 Å². The van der Waals surface area contributed by atoms with E-state index in [-0.39, 0.29) is 5.91 Å². The van der Waals surface area contributed by atoms with Crippen LogP contribution in [0.1, 0.15) is 18.4 Å². The summed E-state index contributed by atoms with van der Waals surface area (Å²) in [6.07, 6.45) is 3.22. The third-order valence-electron chi connectivity index (χ3n) is 7.29. The van der Waals surface area contributed by atoms with Gasteiger partial charge in [-0.05, 0) is 42.7 Å². The molecule has 0 radical (unpaired) electrons. The molecular weight excluding hydrogens is 444 g/mol. The highest BCUT2D eigenvalue weighted by molar-refractivity contribution is 5.79. The summed E-state index contributed by atoms with van der Waals surface area (Å²) in [6.45, 7) is 8.91. The quantitative estimate of drug-likeness (QED) is 0.593. The van der Waals surface area contributed by atoms with E-state index >= 15 is 0 Å². The molecule has 1 amide bonds. The summed E-state index contributed by atoms with van der Waals surface area (Å²) in [4.78, 5) is 21.7. The van der Waals surface area contributed by atoms with Crippen molar-refractivity contribution >= 4 is 17.5 Å². The number of benzene rings is 1. The Balaban J connectivity index is 1.07. The molecule has 2 aromatic rings. The maximum Gasteiger partial charge on any atom is 0.227 e. The minimum Gasteiger partial charge on any atom is -0.497 e. The van der Waals surface area contributed by atoms with Gasteiger partial charge < -0.3 is 24.2 Å². The first-order valence-electron chi connectivity index (χ1n) is 12.8. The molecule has 0 spiro atoms. The smallest absolute Gasteiger partial charge is 0.227 e. The first-order chi connectivity index (χ1) is 17.2. The van der Waals surface area contributed by atoms with Gasteiger partial charge >= 0.3 is 0 Å². The summed E-state index contributed by atoms with van der Waals surface area (Å²) in [6, 6.07) is 11.8. The van der Waals surface area contributed by atoms with Gasteiger partial charge in [0.05, 0.1) is 19.6 Å². The number of piperazine rings is 2. The predicted octanol–water partition coefficient (Wildman–Crippen LogP) is 1.68. The fourth-order valence-electron chi connectivity index (χ4n) is 5.11. The second-order valence-electron chi connectivity index (χ2n) is 9.57. The number of carbonyl (C=O) groups is 1. The van der Waals surface area contributed by atoms with Crippen molar-refractivity contribution < 1.29 is 14.3 Å². The van der Waals surface area contributed by atoms with Gasteiger partial charge in [0, 0.05) is 65.5 Å². The Morgan fingerprint density at radius 2 is 1.54 bits per heavy atom. The minimum atomic E-state index is 0.162. The lowest BCUT2D eigenvalue weighted by Gasteiger charge is -2.37. The zero-order valence-electron chi connectivity index (χ0n) is 20.6. The van der Waals surface area contributed by atoms with Crippen molar-refractivity contribution in [3.8, 4) is 5.75 Å². The highest BCUT2D eigenvalue weighted by Gasteiger charge is 2.25. The van der Waals surface area contributed by atoms with E-state index in [2.05, 4.69) is 37.0 Å². The van der Waals surface area contributed by atoms with E-state index in [9.17, 15) is 4.79 Å². The molecule has 0 N–H and O–H groups in total. The molecule has 1 atom stereocenters. The third kappa shape index (κ3) is 6.02. The van der Waals surface area contributed by atoms with Crippen molar-refractivity contribution in [1.82, 2.24) is 20.0 Å². The molecule has 0 saturated carbocycles. The van der Waals surface area contributed by atoms with Gasteiger partial charge in [0.25, 0.3) is 0 Å². The number of nitrogens with zero attached hydrogens (tertiary/aromatic N) is 6. The molecule has 1 aromatic heterocycles. The topological polar surface area (TPSA) is 74.3 Å². The van der Waals surface area contributed by atoms with Gasteiger partial charge in [-0.2, -0.15) is 0 Å². The molecule has 9 heteroatoms. The van der Waals surface area contributed by atoms with Gasteiger partial charge in [-0.25, -0.2) is 0 Å². The molecule has 3 aliphatic heterocycles. The zero-order chi connectivity index (χ0) is 24.0. The number of anilines is 2. The first kappa shape index (κ1) is 23.8. The van der Waals surface area contributed by atoms with Gasteiger partial charge in [-0.3, -0.25) is 9.69 Å². The lowest BCUT2D eigenvalue weighted by Crippen LogP contribution is -2.49. The highest BCUT2D eigenvalue weighted by atomic mass is 16.5. The monoisotopic (exact) mass is 480 g/mol. The number of carbonyl (C=O) groups excluding carboxylic acids is 1. The number of amides is 1. The fraction of sp³-hybridized carbons (Fsp3) is 0.577. The van der Waals surface area contributed by atoms with E-state index in [4.69, 9.17) is 9.47 Å². The molecule has 35 heavy (non-hydrogen) atoms. The number of hydrogen-bond donors (Lipinski definition) is 0. The molecule has 1 unspecified atom stereocenters. The van der Waals surface area contributed by atoms with Crippen molar-refractivity contribution in [2.24, 2.45) is 0 Å². The van der Waals surface area contributed by atoms with Crippen LogP contribution in [0.4, 0.5) is 11.6 Å². The summed E-state index contributed by atoms with van der Waals surface area (Å²) in [5.41, 5.74) is 1.01. The number of methoxy groups -OCH3 is 1. The molecule has 1 aromatic carbocycles. The van der Waals surface area contributed by atoms with Crippen molar-refractivity contribution in [1.29, 1.82) is 0 Å². The van der Waals surface area contributed by atoms with Crippen LogP contribution >= 0.6 is 0 Å². The number of hydrogen-bond acceptors (Lipinski definition) is 8. The van der Waals surface area contributed by atoms with Crippen LogP contribution in [0.3, 0.4) is 0 Å². The van der Waals surface area contributed by atoms with Crippen LogP contribution in [0.2, 0.25) is 0 Å². The molecule has 0 aliphatic carbocycles. The lowest BCUT2D eigenvalue weighted by atomic mass is 10.1. The number of ether oxygens (including phenoxy) is 2. The Labute approximate surface area is 207 Å². The largest absolute Gasteiger partial charge is 0.497 e. The molecule has 9 nitrogen and oxygen atoms in total. The van der Waals surface area contributed by atoms with E-state index in [0.717, 1.165) is 75.4 Å². The van der Waals surface area contributed by atoms with Crippen molar-refractivity contribution in [2.75, 3.05) is 82.4 Å². The fourth-order valence-corrected chi connectivity index (χ4v) is 5.11.